The molecule has 0 aliphatic carbocycles. The molecule has 1 fully saturated rings. The van der Waals surface area contributed by atoms with Crippen LogP contribution in [0.1, 0.15) is 12.8 Å². The summed E-state index contributed by atoms with van der Waals surface area (Å²) in [6.45, 7) is 0.453. The van der Waals surface area contributed by atoms with Gasteiger partial charge in [-0.1, -0.05) is 23.2 Å². The van der Waals surface area contributed by atoms with Crippen molar-refractivity contribution in [1.29, 1.82) is 0 Å². The number of sulfonamides is 1. The normalized spacial score (nSPS) is 16.0. The first kappa shape index (κ1) is 20.9. The molecule has 150 valence electrons. The van der Waals surface area contributed by atoms with Crippen LogP contribution in [0, 0.1) is 5.92 Å². The van der Waals surface area contributed by atoms with Gasteiger partial charge in [-0.15, -0.1) is 0 Å². The van der Waals surface area contributed by atoms with E-state index in [2.05, 4.69) is 10.3 Å². The second kappa shape index (κ2) is 8.65. The summed E-state index contributed by atoms with van der Waals surface area (Å²) in [6.07, 6.45) is 2.33. The van der Waals surface area contributed by atoms with Gasteiger partial charge in [0.25, 0.3) is 0 Å². The Hall–Kier alpha value is -1.87. The minimum atomic E-state index is -3.77. The van der Waals surface area contributed by atoms with Crippen LogP contribution in [0.25, 0.3) is 0 Å². The molecule has 1 N–H and O–H groups in total. The SMILES string of the molecule is COc1ccc(NC(=O)C2CCN(S(=O)(=O)c3cc(Cl)ccc3Cl)CC2)cn1. The lowest BCUT2D eigenvalue weighted by Gasteiger charge is -2.30. The van der Waals surface area contributed by atoms with Gasteiger partial charge in [-0.3, -0.25) is 4.79 Å². The lowest BCUT2D eigenvalue weighted by molar-refractivity contribution is -0.120. The fourth-order valence-corrected chi connectivity index (χ4v) is 5.20. The van der Waals surface area contributed by atoms with Crippen molar-refractivity contribution in [2.24, 2.45) is 5.92 Å². The van der Waals surface area contributed by atoms with Gasteiger partial charge < -0.3 is 10.1 Å². The Bertz CT molecular complexity index is 959. The van der Waals surface area contributed by atoms with Gasteiger partial charge in [0.05, 0.1) is 24.0 Å². The number of carbonyl (C=O) groups excluding carboxylic acids is 1. The van der Waals surface area contributed by atoms with E-state index in [9.17, 15) is 13.2 Å². The Morgan fingerprint density at radius 1 is 1.21 bits per heavy atom. The summed E-state index contributed by atoms with van der Waals surface area (Å²) in [4.78, 5) is 16.5. The van der Waals surface area contributed by atoms with Crippen LogP contribution in [0.15, 0.2) is 41.4 Å². The maximum atomic E-state index is 12.9. The summed E-state index contributed by atoms with van der Waals surface area (Å²) in [5.41, 5.74) is 0.562. The Labute approximate surface area is 173 Å². The molecule has 0 radical (unpaired) electrons. The van der Waals surface area contributed by atoms with Crippen molar-refractivity contribution in [2.45, 2.75) is 17.7 Å². The van der Waals surface area contributed by atoms with Gasteiger partial charge in [0, 0.05) is 30.1 Å². The number of hydrogen-bond donors (Lipinski definition) is 1. The summed E-state index contributed by atoms with van der Waals surface area (Å²) in [7, 11) is -2.26. The van der Waals surface area contributed by atoms with E-state index in [4.69, 9.17) is 27.9 Å². The molecule has 7 nitrogen and oxygen atoms in total. The van der Waals surface area contributed by atoms with Crippen molar-refractivity contribution in [2.75, 3.05) is 25.5 Å². The highest BCUT2D eigenvalue weighted by molar-refractivity contribution is 7.89. The van der Waals surface area contributed by atoms with Crippen LogP contribution in [-0.4, -0.2) is 43.8 Å². The van der Waals surface area contributed by atoms with Gasteiger partial charge >= 0.3 is 0 Å². The molecule has 1 aliphatic rings. The Morgan fingerprint density at radius 2 is 1.93 bits per heavy atom. The summed E-state index contributed by atoms with van der Waals surface area (Å²) in [5, 5.41) is 3.22. The average Bonchev–Trinajstić information content (AvgIpc) is 2.70. The highest BCUT2D eigenvalue weighted by atomic mass is 35.5. The Balaban J connectivity index is 1.63. The number of benzene rings is 1. The number of pyridine rings is 1. The number of anilines is 1. The van der Waals surface area contributed by atoms with E-state index in [1.165, 1.54) is 35.8 Å². The Kier molecular flexibility index (Phi) is 6.44. The third kappa shape index (κ3) is 4.57. The van der Waals surface area contributed by atoms with E-state index in [0.29, 0.717) is 29.4 Å². The first-order valence-electron chi connectivity index (χ1n) is 8.57. The number of aromatic nitrogens is 1. The van der Waals surface area contributed by atoms with Gasteiger partial charge in [0.1, 0.15) is 4.90 Å². The predicted octanol–water partition coefficient (Wildman–Crippen LogP) is 3.44. The molecule has 1 aromatic heterocycles. The van der Waals surface area contributed by atoms with Crippen LogP contribution in [-0.2, 0) is 14.8 Å². The van der Waals surface area contributed by atoms with Crippen molar-refractivity contribution >= 4 is 44.8 Å². The number of piperidine rings is 1. The number of carbonyl (C=O) groups is 1. The van der Waals surface area contributed by atoms with E-state index < -0.39 is 10.0 Å². The molecule has 1 aromatic carbocycles. The lowest BCUT2D eigenvalue weighted by Crippen LogP contribution is -2.41. The number of halogens is 2. The minimum Gasteiger partial charge on any atom is -0.481 e. The minimum absolute atomic E-state index is 0.0196. The number of nitrogens with zero attached hydrogens (tertiary/aromatic N) is 2. The summed E-state index contributed by atoms with van der Waals surface area (Å²) in [6, 6.07) is 7.69. The number of hydrogen-bond acceptors (Lipinski definition) is 5. The van der Waals surface area contributed by atoms with Gasteiger partial charge in [0.15, 0.2) is 0 Å². The third-order valence-electron chi connectivity index (χ3n) is 4.55. The quantitative estimate of drug-likeness (QED) is 0.764. The molecule has 0 spiro atoms. The topological polar surface area (TPSA) is 88.6 Å². The van der Waals surface area contributed by atoms with E-state index >= 15 is 0 Å². The highest BCUT2D eigenvalue weighted by Crippen LogP contribution is 2.30. The molecule has 1 saturated heterocycles. The van der Waals surface area contributed by atoms with Crippen molar-refractivity contribution in [3.63, 3.8) is 0 Å². The molecule has 28 heavy (non-hydrogen) atoms. The molecular weight excluding hydrogens is 425 g/mol. The van der Waals surface area contributed by atoms with Crippen LogP contribution in [0.3, 0.4) is 0 Å². The fourth-order valence-electron chi connectivity index (χ4n) is 2.99. The number of methoxy groups -OCH3 is 1. The number of nitrogens with one attached hydrogen (secondary N) is 1. The number of amides is 1. The molecule has 10 heteroatoms. The largest absolute Gasteiger partial charge is 0.481 e. The molecule has 0 saturated carbocycles. The van der Waals surface area contributed by atoms with Crippen molar-refractivity contribution in [3.05, 3.63) is 46.6 Å². The first-order valence-corrected chi connectivity index (χ1v) is 10.8. The van der Waals surface area contributed by atoms with Gasteiger partial charge in [0.2, 0.25) is 21.8 Å². The molecule has 2 heterocycles. The second-order valence-electron chi connectivity index (χ2n) is 6.33. The van der Waals surface area contributed by atoms with Gasteiger partial charge in [-0.2, -0.15) is 4.31 Å². The van der Waals surface area contributed by atoms with Crippen LogP contribution in [0.5, 0.6) is 5.88 Å². The average molecular weight is 444 g/mol. The summed E-state index contributed by atoms with van der Waals surface area (Å²) < 4.78 is 32.0. The summed E-state index contributed by atoms with van der Waals surface area (Å²) >= 11 is 12.0. The highest BCUT2D eigenvalue weighted by Gasteiger charge is 2.33. The fraction of sp³-hybridized carbons (Fsp3) is 0.333. The van der Waals surface area contributed by atoms with E-state index in [-0.39, 0.29) is 34.8 Å². The molecule has 0 bridgehead atoms. The van der Waals surface area contributed by atoms with Crippen molar-refractivity contribution in [3.8, 4) is 5.88 Å². The van der Waals surface area contributed by atoms with E-state index in [0.717, 1.165) is 0 Å². The standard InChI is InChI=1S/C18H19Cl2N3O4S/c1-27-17-5-3-14(11-21-17)22-18(24)12-6-8-23(9-7-12)28(25,26)16-10-13(19)2-4-15(16)20/h2-5,10-12H,6-9H2,1H3,(H,22,24). The van der Waals surface area contributed by atoms with Crippen LogP contribution in [0.4, 0.5) is 5.69 Å². The number of rotatable bonds is 5. The van der Waals surface area contributed by atoms with Crippen LogP contribution < -0.4 is 10.1 Å². The lowest BCUT2D eigenvalue weighted by atomic mass is 9.97. The van der Waals surface area contributed by atoms with E-state index in [1.54, 1.807) is 12.1 Å². The maximum absolute atomic E-state index is 12.9. The van der Waals surface area contributed by atoms with Crippen LogP contribution in [0.2, 0.25) is 10.0 Å². The van der Waals surface area contributed by atoms with Gasteiger partial charge in [-0.25, -0.2) is 13.4 Å². The number of ether oxygens (including phenoxy) is 1. The van der Waals surface area contributed by atoms with Crippen molar-refractivity contribution in [1.82, 2.24) is 9.29 Å². The zero-order valence-electron chi connectivity index (χ0n) is 15.1. The van der Waals surface area contributed by atoms with E-state index in [1.807, 2.05) is 0 Å². The first-order chi connectivity index (χ1) is 13.3. The molecule has 0 unspecified atom stereocenters. The smallest absolute Gasteiger partial charge is 0.244 e. The molecule has 1 aliphatic heterocycles. The molecule has 1 amide bonds. The monoisotopic (exact) mass is 443 g/mol. The van der Waals surface area contributed by atoms with Gasteiger partial charge in [-0.05, 0) is 37.1 Å². The Morgan fingerprint density at radius 3 is 2.54 bits per heavy atom. The third-order valence-corrected chi connectivity index (χ3v) is 7.16. The zero-order chi connectivity index (χ0) is 20.3. The maximum Gasteiger partial charge on any atom is 0.244 e. The second-order valence-corrected chi connectivity index (χ2v) is 9.08. The molecular formula is C18H19Cl2N3O4S. The predicted molar refractivity (Wildman–Crippen MR) is 107 cm³/mol. The molecule has 0 atom stereocenters. The zero-order valence-corrected chi connectivity index (χ0v) is 17.4. The van der Waals surface area contributed by atoms with Crippen LogP contribution >= 0.6 is 23.2 Å². The molecule has 3 rings (SSSR count). The molecule has 2 aromatic rings. The van der Waals surface area contributed by atoms with Crippen molar-refractivity contribution < 1.29 is 17.9 Å². The summed E-state index contributed by atoms with van der Waals surface area (Å²) in [5.74, 6) is 0.00405.